The molecule has 7 nitrogen and oxygen atoms in total. The number of thiophene rings is 1. The molecule has 0 saturated heterocycles. The SMILES string of the molecule is CC(C)CC(O)Nc1cncc(-c2ccc3[nH]nc(-c4cc5c(-c6ccc(F)s6)cccc5[nH]4)c3n2)c1. The van der Waals surface area contributed by atoms with E-state index >= 15 is 0 Å². The number of hydrogen-bond donors (Lipinski definition) is 4. The van der Waals surface area contributed by atoms with Crippen LogP contribution in [0.15, 0.2) is 67.0 Å². The molecule has 9 heteroatoms. The Kier molecular flexibility index (Phi) is 5.94. The molecule has 0 fully saturated rings. The van der Waals surface area contributed by atoms with Gasteiger partial charge in [-0.1, -0.05) is 26.0 Å². The Morgan fingerprint density at radius 3 is 2.76 bits per heavy atom. The molecule has 0 saturated carbocycles. The Bertz CT molecular complexity index is 1720. The zero-order chi connectivity index (χ0) is 25.5. The quantitative estimate of drug-likeness (QED) is 0.176. The van der Waals surface area contributed by atoms with Crippen molar-refractivity contribution < 1.29 is 9.50 Å². The molecule has 0 bridgehead atoms. The first-order valence-corrected chi connectivity index (χ1v) is 12.9. The highest BCUT2D eigenvalue weighted by Gasteiger charge is 2.16. The summed E-state index contributed by atoms with van der Waals surface area (Å²) >= 11 is 1.13. The Labute approximate surface area is 216 Å². The predicted molar refractivity (Wildman–Crippen MR) is 147 cm³/mol. The molecule has 0 aliphatic carbocycles. The van der Waals surface area contributed by atoms with Gasteiger partial charge in [0.05, 0.1) is 28.8 Å². The highest BCUT2D eigenvalue weighted by molar-refractivity contribution is 7.14. The van der Waals surface area contributed by atoms with Crippen molar-refractivity contribution in [3.63, 3.8) is 0 Å². The number of fused-ring (bicyclic) bond motifs is 2. The maximum Gasteiger partial charge on any atom is 0.176 e. The van der Waals surface area contributed by atoms with E-state index in [9.17, 15) is 9.50 Å². The van der Waals surface area contributed by atoms with Crippen LogP contribution in [0, 0.1) is 11.0 Å². The van der Waals surface area contributed by atoms with Crippen LogP contribution >= 0.6 is 11.3 Å². The maximum atomic E-state index is 13.7. The van der Waals surface area contributed by atoms with Gasteiger partial charge in [-0.3, -0.25) is 10.1 Å². The van der Waals surface area contributed by atoms with Crippen LogP contribution in [0.5, 0.6) is 0 Å². The molecule has 4 N–H and O–H groups in total. The van der Waals surface area contributed by atoms with Crippen LogP contribution in [0.4, 0.5) is 10.1 Å². The second-order valence-corrected chi connectivity index (χ2v) is 10.5. The molecule has 5 heterocycles. The number of aromatic amines is 2. The van der Waals surface area contributed by atoms with Crippen LogP contribution in [0.1, 0.15) is 20.3 Å². The molecule has 0 radical (unpaired) electrons. The third-order valence-corrected chi connectivity index (χ3v) is 7.13. The summed E-state index contributed by atoms with van der Waals surface area (Å²) in [6, 6.07) is 17.1. The van der Waals surface area contributed by atoms with Crippen LogP contribution in [-0.4, -0.2) is 36.5 Å². The molecule has 5 aromatic heterocycles. The number of benzene rings is 1. The number of pyridine rings is 2. The van der Waals surface area contributed by atoms with Gasteiger partial charge in [0, 0.05) is 33.1 Å². The smallest absolute Gasteiger partial charge is 0.176 e. The number of halogens is 1. The van der Waals surface area contributed by atoms with Gasteiger partial charge in [-0.05, 0) is 54.8 Å². The monoisotopic (exact) mass is 512 g/mol. The molecule has 0 spiro atoms. The number of hydrogen-bond acceptors (Lipinski definition) is 6. The lowest BCUT2D eigenvalue weighted by Gasteiger charge is -2.16. The van der Waals surface area contributed by atoms with Crippen molar-refractivity contribution in [2.45, 2.75) is 26.5 Å². The average Bonchev–Trinajstić information content (AvgIpc) is 3.60. The summed E-state index contributed by atoms with van der Waals surface area (Å²) in [6.07, 6.45) is 3.44. The first-order chi connectivity index (χ1) is 17.9. The molecule has 1 unspecified atom stereocenters. The van der Waals surface area contributed by atoms with E-state index in [1.54, 1.807) is 18.5 Å². The summed E-state index contributed by atoms with van der Waals surface area (Å²) in [5.41, 5.74) is 7.28. The normalized spacial score (nSPS) is 12.6. The standard InChI is InChI=1S/C28H25FN6OS/c1-15(2)10-26(36)31-17-11-16(13-30-14-17)20-6-7-22-27(33-20)28(35-34-22)23-12-19-18(4-3-5-21(19)32-23)24-8-9-25(29)37-24/h3-9,11-15,26,31-32,36H,10H2,1-2H3,(H,34,35). The van der Waals surface area contributed by atoms with E-state index in [1.165, 1.54) is 6.07 Å². The van der Waals surface area contributed by atoms with Crippen molar-refractivity contribution in [3.05, 3.63) is 72.1 Å². The predicted octanol–water partition coefficient (Wildman–Crippen LogP) is 6.81. The first-order valence-electron chi connectivity index (χ1n) is 12.1. The number of aromatic nitrogens is 5. The molecule has 6 rings (SSSR count). The number of H-pyrrole nitrogens is 2. The maximum absolute atomic E-state index is 13.7. The molecule has 1 aromatic carbocycles. The molecular weight excluding hydrogens is 487 g/mol. The van der Waals surface area contributed by atoms with Gasteiger partial charge in [-0.25, -0.2) is 4.98 Å². The molecule has 37 heavy (non-hydrogen) atoms. The minimum atomic E-state index is -0.648. The zero-order valence-electron chi connectivity index (χ0n) is 20.3. The van der Waals surface area contributed by atoms with Crippen LogP contribution in [0.2, 0.25) is 0 Å². The Morgan fingerprint density at radius 2 is 1.95 bits per heavy atom. The number of nitrogens with zero attached hydrogens (tertiary/aromatic N) is 3. The first kappa shape index (κ1) is 23.3. The van der Waals surface area contributed by atoms with Gasteiger partial charge in [0.15, 0.2) is 5.13 Å². The number of aliphatic hydroxyl groups is 1. The fourth-order valence-electron chi connectivity index (χ4n) is 4.56. The highest BCUT2D eigenvalue weighted by atomic mass is 32.1. The lowest BCUT2D eigenvalue weighted by atomic mass is 10.1. The minimum Gasteiger partial charge on any atom is -0.374 e. The van der Waals surface area contributed by atoms with E-state index in [0.29, 0.717) is 18.0 Å². The van der Waals surface area contributed by atoms with Crippen molar-refractivity contribution in [2.24, 2.45) is 5.92 Å². The summed E-state index contributed by atoms with van der Waals surface area (Å²) in [4.78, 5) is 13.6. The molecule has 186 valence electrons. The second-order valence-electron chi connectivity index (χ2n) is 9.47. The van der Waals surface area contributed by atoms with Crippen molar-refractivity contribution >= 4 is 39.0 Å². The zero-order valence-corrected chi connectivity index (χ0v) is 21.1. The van der Waals surface area contributed by atoms with Gasteiger partial charge >= 0.3 is 0 Å². The number of anilines is 1. The fourth-order valence-corrected chi connectivity index (χ4v) is 5.33. The van der Waals surface area contributed by atoms with Crippen LogP contribution in [0.3, 0.4) is 0 Å². The van der Waals surface area contributed by atoms with Crippen molar-refractivity contribution in [2.75, 3.05) is 5.32 Å². The number of nitrogens with one attached hydrogen (secondary N) is 3. The van der Waals surface area contributed by atoms with Crippen LogP contribution in [0.25, 0.3) is 55.0 Å². The van der Waals surface area contributed by atoms with Gasteiger partial charge in [0.25, 0.3) is 0 Å². The summed E-state index contributed by atoms with van der Waals surface area (Å²) in [5, 5.41) is 21.8. The van der Waals surface area contributed by atoms with E-state index in [-0.39, 0.29) is 5.13 Å². The molecule has 0 aliphatic heterocycles. The largest absolute Gasteiger partial charge is 0.374 e. The third kappa shape index (κ3) is 4.59. The average molecular weight is 513 g/mol. The van der Waals surface area contributed by atoms with Gasteiger partial charge in [0.1, 0.15) is 17.4 Å². The summed E-state index contributed by atoms with van der Waals surface area (Å²) in [6.45, 7) is 4.13. The molecule has 0 amide bonds. The summed E-state index contributed by atoms with van der Waals surface area (Å²) in [5.74, 6) is 0.370. The Hall–Kier alpha value is -4.08. The van der Waals surface area contributed by atoms with Crippen molar-refractivity contribution in [3.8, 4) is 33.1 Å². The molecule has 0 aliphatic rings. The minimum absolute atomic E-state index is 0.207. The lowest BCUT2D eigenvalue weighted by Crippen LogP contribution is -2.20. The molecule has 1 atom stereocenters. The highest BCUT2D eigenvalue weighted by Crippen LogP contribution is 2.36. The van der Waals surface area contributed by atoms with Crippen LogP contribution in [-0.2, 0) is 0 Å². The van der Waals surface area contributed by atoms with Gasteiger partial charge in [0.2, 0.25) is 0 Å². The summed E-state index contributed by atoms with van der Waals surface area (Å²) < 4.78 is 13.7. The summed E-state index contributed by atoms with van der Waals surface area (Å²) in [7, 11) is 0. The lowest BCUT2D eigenvalue weighted by molar-refractivity contribution is 0.176. The van der Waals surface area contributed by atoms with E-state index in [1.807, 2.05) is 42.5 Å². The van der Waals surface area contributed by atoms with Crippen molar-refractivity contribution in [1.29, 1.82) is 0 Å². The molecular formula is C28H25FN6OS. The van der Waals surface area contributed by atoms with E-state index in [0.717, 1.165) is 66.4 Å². The van der Waals surface area contributed by atoms with E-state index in [4.69, 9.17) is 4.98 Å². The van der Waals surface area contributed by atoms with E-state index in [2.05, 4.69) is 39.3 Å². The fraction of sp³-hybridized carbons (Fsp3) is 0.179. The van der Waals surface area contributed by atoms with Gasteiger partial charge in [-0.2, -0.15) is 9.49 Å². The Morgan fingerprint density at radius 1 is 1.05 bits per heavy atom. The third-order valence-electron chi connectivity index (χ3n) is 6.23. The van der Waals surface area contributed by atoms with E-state index < -0.39 is 6.23 Å². The number of aliphatic hydroxyl groups excluding tert-OH is 1. The second kappa shape index (κ2) is 9.42. The van der Waals surface area contributed by atoms with Gasteiger partial charge in [-0.15, -0.1) is 11.3 Å². The van der Waals surface area contributed by atoms with Crippen molar-refractivity contribution in [1.82, 2.24) is 25.1 Å². The van der Waals surface area contributed by atoms with Crippen LogP contribution < -0.4 is 5.32 Å². The van der Waals surface area contributed by atoms with Gasteiger partial charge < -0.3 is 15.4 Å². The number of rotatable bonds is 7. The molecule has 6 aromatic rings. The topological polar surface area (TPSA) is 103 Å². The Balaban J connectivity index is 1.37.